The molecule has 0 unspecified atom stereocenters. The van der Waals surface area contributed by atoms with Crippen molar-refractivity contribution in [1.29, 1.82) is 0 Å². The van der Waals surface area contributed by atoms with Crippen LogP contribution < -0.4 is 0 Å². The van der Waals surface area contributed by atoms with Gasteiger partial charge in [0.2, 0.25) is 0 Å². The number of aromatic nitrogens is 1. The number of allylic oxidation sites excluding steroid dienone is 1. The normalized spacial score (nSPS) is 9.36. The monoisotopic (exact) mass is 169 g/mol. The molecule has 1 aromatic rings. The van der Waals surface area contributed by atoms with Crippen LogP contribution in [0, 0.1) is 0 Å². The van der Waals surface area contributed by atoms with Crippen LogP contribution in [-0.2, 0) is 0 Å². The number of thiazole rings is 1. The Balaban J connectivity index is 0.000000461. The second kappa shape index (κ2) is 7.48. The van der Waals surface area contributed by atoms with Crippen LogP contribution in [0.4, 0.5) is 0 Å². The molecule has 0 amide bonds. The van der Waals surface area contributed by atoms with E-state index in [1.165, 1.54) is 0 Å². The zero-order valence-corrected chi connectivity index (χ0v) is 8.19. The van der Waals surface area contributed by atoms with Gasteiger partial charge in [-0.05, 0) is 12.5 Å². The molecule has 0 saturated heterocycles. The summed E-state index contributed by atoms with van der Waals surface area (Å²) in [6.45, 7) is 6.12. The van der Waals surface area contributed by atoms with Gasteiger partial charge in [-0.2, -0.15) is 0 Å². The molecule has 0 fully saturated rings. The van der Waals surface area contributed by atoms with Gasteiger partial charge in [-0.25, -0.2) is 4.98 Å². The maximum atomic E-state index is 4.09. The van der Waals surface area contributed by atoms with E-state index < -0.39 is 0 Å². The molecular weight excluding hydrogens is 154 g/mol. The van der Waals surface area contributed by atoms with Gasteiger partial charge in [-0.3, -0.25) is 0 Å². The summed E-state index contributed by atoms with van der Waals surface area (Å²) in [6, 6.07) is 0. The molecule has 0 radical (unpaired) electrons. The van der Waals surface area contributed by atoms with Crippen molar-refractivity contribution < 1.29 is 0 Å². The molecule has 0 spiro atoms. The Labute approximate surface area is 72.8 Å². The maximum Gasteiger partial charge on any atom is 0.115 e. The number of nitrogens with zero attached hydrogens (tertiary/aromatic N) is 1. The zero-order valence-electron chi connectivity index (χ0n) is 7.37. The Bertz CT molecular complexity index is 177. The molecule has 1 heterocycles. The van der Waals surface area contributed by atoms with Crippen molar-refractivity contribution >= 4 is 17.4 Å². The van der Waals surface area contributed by atoms with E-state index in [-0.39, 0.29) is 0 Å². The second-order valence-electron chi connectivity index (χ2n) is 1.68. The summed E-state index contributed by atoms with van der Waals surface area (Å²) in [4.78, 5) is 4.09. The first-order valence-corrected chi connectivity index (χ1v) is 4.87. The topological polar surface area (TPSA) is 12.9 Å². The van der Waals surface area contributed by atoms with Crippen LogP contribution in [0.1, 0.15) is 32.2 Å². The molecule has 0 aliphatic heterocycles. The minimum atomic E-state index is 1.08. The van der Waals surface area contributed by atoms with Gasteiger partial charge in [0.25, 0.3) is 0 Å². The second-order valence-corrected chi connectivity index (χ2v) is 2.61. The highest BCUT2D eigenvalue weighted by Gasteiger charge is 1.83. The molecule has 0 N–H and O–H groups in total. The Morgan fingerprint density at radius 3 is 2.73 bits per heavy atom. The first-order chi connectivity index (χ1) is 5.43. The van der Waals surface area contributed by atoms with Crippen LogP contribution in [0.2, 0.25) is 0 Å². The van der Waals surface area contributed by atoms with Crippen LogP contribution >= 0.6 is 11.3 Å². The average molecular weight is 169 g/mol. The SMILES string of the molecule is CC.CC/C=C\c1nccs1. The van der Waals surface area contributed by atoms with Crippen molar-refractivity contribution in [2.45, 2.75) is 27.2 Å². The van der Waals surface area contributed by atoms with Crippen molar-refractivity contribution in [2.75, 3.05) is 0 Å². The molecule has 2 heteroatoms. The molecule has 0 bridgehead atoms. The molecule has 1 nitrogen and oxygen atoms in total. The van der Waals surface area contributed by atoms with E-state index in [1.807, 2.05) is 31.5 Å². The van der Waals surface area contributed by atoms with Crippen molar-refractivity contribution in [1.82, 2.24) is 4.98 Å². The predicted octanol–water partition coefficient (Wildman–Crippen LogP) is 3.59. The van der Waals surface area contributed by atoms with Gasteiger partial charge in [-0.1, -0.05) is 26.8 Å². The van der Waals surface area contributed by atoms with Crippen molar-refractivity contribution in [3.8, 4) is 0 Å². The van der Waals surface area contributed by atoms with Gasteiger partial charge in [-0.15, -0.1) is 11.3 Å². The van der Waals surface area contributed by atoms with Crippen LogP contribution in [0.5, 0.6) is 0 Å². The zero-order chi connectivity index (χ0) is 8.53. The third kappa shape index (κ3) is 4.73. The molecule has 62 valence electrons. The average Bonchev–Trinajstić information content (AvgIpc) is 2.57. The molecule has 11 heavy (non-hydrogen) atoms. The third-order valence-electron chi connectivity index (χ3n) is 0.948. The predicted molar refractivity (Wildman–Crippen MR) is 52.8 cm³/mol. The summed E-state index contributed by atoms with van der Waals surface area (Å²) < 4.78 is 0. The van der Waals surface area contributed by atoms with Gasteiger partial charge in [0.15, 0.2) is 0 Å². The largest absolute Gasteiger partial charge is 0.245 e. The van der Waals surface area contributed by atoms with E-state index in [1.54, 1.807) is 11.3 Å². The molecule has 0 atom stereocenters. The number of rotatable bonds is 2. The van der Waals surface area contributed by atoms with E-state index in [9.17, 15) is 0 Å². The minimum absolute atomic E-state index is 1.08. The van der Waals surface area contributed by atoms with Crippen LogP contribution in [0.25, 0.3) is 6.08 Å². The van der Waals surface area contributed by atoms with Crippen molar-refractivity contribution in [3.63, 3.8) is 0 Å². The van der Waals surface area contributed by atoms with Crippen LogP contribution in [-0.4, -0.2) is 4.98 Å². The molecule has 0 aliphatic carbocycles. The fraction of sp³-hybridized carbons (Fsp3) is 0.444. The lowest BCUT2D eigenvalue weighted by Crippen LogP contribution is -1.62. The van der Waals surface area contributed by atoms with E-state index in [0.717, 1.165) is 11.4 Å². The molecular formula is C9H15NS. The Morgan fingerprint density at radius 2 is 2.27 bits per heavy atom. The highest BCUT2D eigenvalue weighted by molar-refractivity contribution is 7.10. The van der Waals surface area contributed by atoms with Gasteiger partial charge in [0.05, 0.1) is 0 Å². The summed E-state index contributed by atoms with van der Waals surface area (Å²) in [5.74, 6) is 0. The lowest BCUT2D eigenvalue weighted by Gasteiger charge is -1.77. The maximum absolute atomic E-state index is 4.09. The molecule has 1 aromatic heterocycles. The van der Waals surface area contributed by atoms with E-state index in [0.29, 0.717) is 0 Å². The molecule has 0 aliphatic rings. The molecule has 0 aromatic carbocycles. The van der Waals surface area contributed by atoms with Gasteiger partial charge in [0, 0.05) is 11.6 Å². The highest BCUT2D eigenvalue weighted by Crippen LogP contribution is 2.05. The molecule has 1 rings (SSSR count). The van der Waals surface area contributed by atoms with Gasteiger partial charge >= 0.3 is 0 Å². The lowest BCUT2D eigenvalue weighted by atomic mass is 10.4. The Morgan fingerprint density at radius 1 is 1.55 bits per heavy atom. The van der Waals surface area contributed by atoms with E-state index in [4.69, 9.17) is 0 Å². The van der Waals surface area contributed by atoms with Crippen LogP contribution in [0.15, 0.2) is 17.7 Å². The quantitative estimate of drug-likeness (QED) is 0.659. The van der Waals surface area contributed by atoms with Gasteiger partial charge in [0.1, 0.15) is 5.01 Å². The van der Waals surface area contributed by atoms with Crippen molar-refractivity contribution in [2.24, 2.45) is 0 Å². The van der Waals surface area contributed by atoms with E-state index in [2.05, 4.69) is 18.0 Å². The summed E-state index contributed by atoms with van der Waals surface area (Å²) in [7, 11) is 0. The number of hydrogen-bond donors (Lipinski definition) is 0. The fourth-order valence-corrected chi connectivity index (χ4v) is 1.09. The summed E-state index contributed by atoms with van der Waals surface area (Å²) in [5, 5.41) is 3.08. The number of hydrogen-bond acceptors (Lipinski definition) is 2. The first kappa shape index (κ1) is 10.4. The highest BCUT2D eigenvalue weighted by atomic mass is 32.1. The van der Waals surface area contributed by atoms with Crippen LogP contribution in [0.3, 0.4) is 0 Å². The van der Waals surface area contributed by atoms with Crippen molar-refractivity contribution in [3.05, 3.63) is 22.7 Å². The smallest absolute Gasteiger partial charge is 0.115 e. The Kier molecular flexibility index (Phi) is 7.05. The van der Waals surface area contributed by atoms with Gasteiger partial charge < -0.3 is 0 Å². The fourth-order valence-electron chi connectivity index (χ4n) is 0.535. The third-order valence-corrected chi connectivity index (χ3v) is 1.69. The summed E-state index contributed by atoms with van der Waals surface area (Å²) in [6.07, 6.45) is 7.06. The molecule has 0 saturated carbocycles. The lowest BCUT2D eigenvalue weighted by molar-refractivity contribution is 1.23. The standard InChI is InChI=1S/C7H9NS.C2H6/c1-2-3-4-7-8-5-6-9-7;1-2/h3-6H,2H2,1H3;1-2H3/b4-3-;. The summed E-state index contributed by atoms with van der Waals surface area (Å²) in [5.41, 5.74) is 0. The first-order valence-electron chi connectivity index (χ1n) is 3.99. The Hall–Kier alpha value is -0.630. The van der Waals surface area contributed by atoms with E-state index >= 15 is 0 Å². The summed E-state index contributed by atoms with van der Waals surface area (Å²) >= 11 is 1.66. The minimum Gasteiger partial charge on any atom is -0.245 e.